The molecule has 0 unspecified atom stereocenters. The smallest absolute Gasteiger partial charge is 0.143 e. The normalized spacial score (nSPS) is 11.5. The SMILES string of the molecule is C=CCCCCCCCCCCCCCCCOC(c1ccccc1)(c1ccccc1)c1ccccc1. The minimum absolute atomic E-state index is 0.588. The Bertz CT molecular complexity index is 851. The number of allylic oxidation sites excluding steroid dienone is 1. The van der Waals surface area contributed by atoms with Crippen molar-refractivity contribution in [3.63, 3.8) is 0 Å². The zero-order valence-electron chi connectivity index (χ0n) is 23.0. The number of benzene rings is 3. The molecule has 0 fully saturated rings. The highest BCUT2D eigenvalue weighted by atomic mass is 16.5. The van der Waals surface area contributed by atoms with Crippen molar-refractivity contribution in [2.45, 2.75) is 95.5 Å². The van der Waals surface area contributed by atoms with Crippen LogP contribution in [0.5, 0.6) is 0 Å². The quantitative estimate of drug-likeness (QED) is 0.0858. The van der Waals surface area contributed by atoms with Gasteiger partial charge in [0.25, 0.3) is 0 Å². The predicted molar refractivity (Wildman–Crippen MR) is 160 cm³/mol. The Morgan fingerprint density at radius 1 is 0.459 bits per heavy atom. The van der Waals surface area contributed by atoms with Crippen molar-refractivity contribution in [2.75, 3.05) is 6.61 Å². The van der Waals surface area contributed by atoms with Crippen LogP contribution >= 0.6 is 0 Å². The lowest BCUT2D eigenvalue weighted by Gasteiger charge is -2.36. The molecular formula is C36H48O. The van der Waals surface area contributed by atoms with E-state index in [0.717, 1.165) is 13.0 Å². The van der Waals surface area contributed by atoms with Crippen LogP contribution in [0.15, 0.2) is 104 Å². The van der Waals surface area contributed by atoms with Gasteiger partial charge in [-0.15, -0.1) is 6.58 Å². The van der Waals surface area contributed by atoms with Crippen molar-refractivity contribution in [1.82, 2.24) is 0 Å². The van der Waals surface area contributed by atoms with Crippen LogP contribution in [0.3, 0.4) is 0 Å². The van der Waals surface area contributed by atoms with Gasteiger partial charge in [-0.25, -0.2) is 0 Å². The van der Waals surface area contributed by atoms with Gasteiger partial charge in [-0.05, 0) is 36.0 Å². The molecule has 37 heavy (non-hydrogen) atoms. The standard InChI is InChI=1S/C36H48O/c1-2-3-4-5-6-7-8-9-10-11-12-13-14-15-25-32-37-36(33-26-19-16-20-27-33,34-28-21-17-22-29-34)35-30-23-18-24-31-35/h2,16-24,26-31H,1,3-15,25,32H2. The van der Waals surface area contributed by atoms with Gasteiger partial charge >= 0.3 is 0 Å². The molecule has 0 saturated carbocycles. The lowest BCUT2D eigenvalue weighted by molar-refractivity contribution is 0.0106. The molecule has 3 rings (SSSR count). The third kappa shape index (κ3) is 9.63. The molecule has 0 aromatic heterocycles. The van der Waals surface area contributed by atoms with E-state index in [9.17, 15) is 0 Å². The summed E-state index contributed by atoms with van der Waals surface area (Å²) in [6.45, 7) is 4.56. The summed E-state index contributed by atoms with van der Waals surface area (Å²) in [6, 6.07) is 32.1. The summed E-state index contributed by atoms with van der Waals surface area (Å²) in [5.41, 5.74) is 2.97. The summed E-state index contributed by atoms with van der Waals surface area (Å²) >= 11 is 0. The Kier molecular flexibility index (Phi) is 13.9. The zero-order valence-corrected chi connectivity index (χ0v) is 23.0. The van der Waals surface area contributed by atoms with Crippen molar-refractivity contribution in [3.8, 4) is 0 Å². The predicted octanol–water partition coefficient (Wildman–Crippen LogP) is 10.6. The maximum atomic E-state index is 6.90. The second kappa shape index (κ2) is 17.8. The van der Waals surface area contributed by atoms with E-state index in [2.05, 4.69) is 97.6 Å². The van der Waals surface area contributed by atoms with Crippen LogP contribution in [-0.4, -0.2) is 6.61 Å². The molecule has 3 aromatic carbocycles. The molecule has 0 aliphatic heterocycles. The topological polar surface area (TPSA) is 9.23 Å². The average molecular weight is 497 g/mol. The van der Waals surface area contributed by atoms with E-state index < -0.39 is 5.60 Å². The third-order valence-electron chi connectivity index (χ3n) is 7.41. The van der Waals surface area contributed by atoms with Crippen LogP contribution in [0.25, 0.3) is 0 Å². The molecule has 1 heteroatoms. The highest BCUT2D eigenvalue weighted by molar-refractivity contribution is 5.47. The second-order valence-electron chi connectivity index (χ2n) is 10.3. The van der Waals surface area contributed by atoms with Gasteiger partial charge in [0.05, 0.1) is 0 Å². The van der Waals surface area contributed by atoms with E-state index in [1.54, 1.807) is 0 Å². The van der Waals surface area contributed by atoms with Gasteiger partial charge < -0.3 is 4.74 Å². The van der Waals surface area contributed by atoms with Crippen LogP contribution in [-0.2, 0) is 10.3 Å². The molecule has 0 amide bonds. The van der Waals surface area contributed by atoms with Gasteiger partial charge in [0.15, 0.2) is 0 Å². The number of rotatable bonds is 20. The summed E-state index contributed by atoms with van der Waals surface area (Å²) in [5, 5.41) is 0. The highest BCUT2D eigenvalue weighted by Crippen LogP contribution is 2.40. The Hall–Kier alpha value is -2.64. The molecule has 0 saturated heterocycles. The van der Waals surface area contributed by atoms with E-state index >= 15 is 0 Å². The van der Waals surface area contributed by atoms with Gasteiger partial charge in [0.1, 0.15) is 5.60 Å². The van der Waals surface area contributed by atoms with Gasteiger partial charge in [-0.1, -0.05) is 168 Å². The van der Waals surface area contributed by atoms with E-state index in [0.29, 0.717) is 0 Å². The Balaban J connectivity index is 1.41. The van der Waals surface area contributed by atoms with Crippen molar-refractivity contribution >= 4 is 0 Å². The molecule has 0 radical (unpaired) electrons. The number of ether oxygens (including phenoxy) is 1. The minimum atomic E-state index is -0.588. The Morgan fingerprint density at radius 2 is 0.784 bits per heavy atom. The fraction of sp³-hybridized carbons (Fsp3) is 0.444. The number of hydrogen-bond acceptors (Lipinski definition) is 1. The van der Waals surface area contributed by atoms with Crippen molar-refractivity contribution in [1.29, 1.82) is 0 Å². The van der Waals surface area contributed by atoms with Gasteiger partial charge in [0.2, 0.25) is 0 Å². The number of unbranched alkanes of at least 4 members (excludes halogenated alkanes) is 13. The monoisotopic (exact) mass is 496 g/mol. The molecule has 0 heterocycles. The summed E-state index contributed by atoms with van der Waals surface area (Å²) in [4.78, 5) is 0. The Labute approximate surface area is 227 Å². The van der Waals surface area contributed by atoms with Crippen molar-refractivity contribution in [3.05, 3.63) is 120 Å². The highest BCUT2D eigenvalue weighted by Gasteiger charge is 2.37. The maximum absolute atomic E-state index is 6.90. The largest absolute Gasteiger partial charge is 0.361 e. The first-order valence-electron chi connectivity index (χ1n) is 14.8. The minimum Gasteiger partial charge on any atom is -0.361 e. The van der Waals surface area contributed by atoms with Crippen LogP contribution in [0.4, 0.5) is 0 Å². The number of hydrogen-bond donors (Lipinski definition) is 0. The van der Waals surface area contributed by atoms with Crippen molar-refractivity contribution in [2.24, 2.45) is 0 Å². The van der Waals surface area contributed by atoms with Crippen molar-refractivity contribution < 1.29 is 4.74 Å². The van der Waals surface area contributed by atoms with E-state index in [1.807, 2.05) is 6.08 Å². The summed E-state index contributed by atoms with van der Waals surface area (Å²) < 4.78 is 6.90. The van der Waals surface area contributed by atoms with Crippen LogP contribution in [0, 0.1) is 0 Å². The Morgan fingerprint density at radius 3 is 1.14 bits per heavy atom. The lowest BCUT2D eigenvalue weighted by Crippen LogP contribution is -2.33. The first kappa shape index (κ1) is 28.9. The summed E-state index contributed by atoms with van der Waals surface area (Å²) in [6.07, 6.45) is 20.7. The van der Waals surface area contributed by atoms with Gasteiger partial charge in [-0.2, -0.15) is 0 Å². The molecule has 0 aliphatic carbocycles. The van der Waals surface area contributed by atoms with Gasteiger partial charge in [-0.3, -0.25) is 0 Å². The molecule has 0 N–H and O–H groups in total. The first-order valence-corrected chi connectivity index (χ1v) is 14.8. The third-order valence-corrected chi connectivity index (χ3v) is 7.41. The molecule has 1 nitrogen and oxygen atoms in total. The fourth-order valence-electron chi connectivity index (χ4n) is 5.33. The molecule has 3 aromatic rings. The molecule has 198 valence electrons. The molecule has 0 atom stereocenters. The lowest BCUT2D eigenvalue weighted by atomic mass is 9.80. The molecular weight excluding hydrogens is 448 g/mol. The van der Waals surface area contributed by atoms with Crippen LogP contribution in [0.2, 0.25) is 0 Å². The molecule has 0 aliphatic rings. The van der Waals surface area contributed by atoms with E-state index in [-0.39, 0.29) is 0 Å². The molecule has 0 spiro atoms. The zero-order chi connectivity index (χ0) is 25.9. The van der Waals surface area contributed by atoms with E-state index in [1.165, 1.54) is 100 Å². The first-order chi connectivity index (χ1) is 18.4. The van der Waals surface area contributed by atoms with Crippen LogP contribution < -0.4 is 0 Å². The fourth-order valence-corrected chi connectivity index (χ4v) is 5.33. The molecule has 0 bridgehead atoms. The maximum Gasteiger partial charge on any atom is 0.143 e. The second-order valence-corrected chi connectivity index (χ2v) is 10.3. The van der Waals surface area contributed by atoms with E-state index in [4.69, 9.17) is 4.74 Å². The average Bonchev–Trinajstić information content (AvgIpc) is 2.96. The summed E-state index contributed by atoms with van der Waals surface area (Å²) in [7, 11) is 0. The van der Waals surface area contributed by atoms with Gasteiger partial charge in [0, 0.05) is 6.61 Å². The summed E-state index contributed by atoms with van der Waals surface area (Å²) in [5.74, 6) is 0. The van der Waals surface area contributed by atoms with Crippen LogP contribution in [0.1, 0.15) is 107 Å².